The monoisotopic (exact) mass is 326 g/mol. The molecule has 0 saturated heterocycles. The highest BCUT2D eigenvalue weighted by atomic mass is 32.2. The van der Waals surface area contributed by atoms with Crippen molar-refractivity contribution in [2.75, 3.05) is 0 Å². The average molecular weight is 326 g/mol. The van der Waals surface area contributed by atoms with Crippen LogP contribution in [-0.2, 0) is 14.3 Å². The Balaban J connectivity index is 3.23. The van der Waals surface area contributed by atoms with Gasteiger partial charge in [-0.2, -0.15) is 21.6 Å². The zero-order valence-electron chi connectivity index (χ0n) is 12.5. The van der Waals surface area contributed by atoms with Crippen LogP contribution in [0.2, 0.25) is 0 Å². The van der Waals surface area contributed by atoms with Crippen molar-refractivity contribution in [3.05, 3.63) is 24.0 Å². The molecule has 0 heterocycles. The molecular weight excluding hydrogens is 305 g/mol. The van der Waals surface area contributed by atoms with Gasteiger partial charge in [-0.05, 0) is 36.2 Å². The van der Waals surface area contributed by atoms with Crippen LogP contribution in [0.3, 0.4) is 0 Å². The van der Waals surface area contributed by atoms with Gasteiger partial charge in [-0.3, -0.25) is 0 Å². The molecule has 0 amide bonds. The highest BCUT2D eigenvalue weighted by Gasteiger charge is 2.49. The van der Waals surface area contributed by atoms with E-state index in [0.29, 0.717) is 18.4 Å². The summed E-state index contributed by atoms with van der Waals surface area (Å²) < 4.78 is 64.5. The third-order valence-corrected chi connectivity index (χ3v) is 4.71. The Kier molecular flexibility index (Phi) is 5.18. The maximum absolute atomic E-state index is 12.5. The van der Waals surface area contributed by atoms with Crippen LogP contribution < -0.4 is 0 Å². The molecular formula is C14H21F3O3S. The number of rotatable bonds is 5. The first-order chi connectivity index (χ1) is 9.40. The van der Waals surface area contributed by atoms with Crippen molar-refractivity contribution < 1.29 is 25.8 Å². The molecule has 0 fully saturated rings. The summed E-state index contributed by atoms with van der Waals surface area (Å²) >= 11 is 0. The highest BCUT2D eigenvalue weighted by molar-refractivity contribution is 7.87. The van der Waals surface area contributed by atoms with Crippen LogP contribution in [0.15, 0.2) is 24.0 Å². The lowest BCUT2D eigenvalue weighted by Gasteiger charge is -2.34. The maximum Gasteiger partial charge on any atom is 0.534 e. The van der Waals surface area contributed by atoms with Crippen LogP contribution in [0.1, 0.15) is 46.5 Å². The molecule has 0 unspecified atom stereocenters. The van der Waals surface area contributed by atoms with Crippen molar-refractivity contribution in [1.82, 2.24) is 0 Å². The van der Waals surface area contributed by atoms with Crippen molar-refractivity contribution in [2.24, 2.45) is 11.3 Å². The van der Waals surface area contributed by atoms with Crippen LogP contribution in [0, 0.1) is 11.3 Å². The van der Waals surface area contributed by atoms with Crippen molar-refractivity contribution in [3.63, 3.8) is 0 Å². The van der Waals surface area contributed by atoms with Crippen molar-refractivity contribution >= 4 is 10.1 Å². The maximum atomic E-state index is 12.5. The Morgan fingerprint density at radius 2 is 1.95 bits per heavy atom. The van der Waals surface area contributed by atoms with Crippen molar-refractivity contribution in [1.29, 1.82) is 0 Å². The first-order valence-electron chi connectivity index (χ1n) is 6.75. The topological polar surface area (TPSA) is 43.4 Å². The van der Waals surface area contributed by atoms with Crippen LogP contribution in [-0.4, -0.2) is 13.9 Å². The van der Waals surface area contributed by atoms with Crippen LogP contribution in [0.4, 0.5) is 13.2 Å². The molecule has 0 spiro atoms. The summed E-state index contributed by atoms with van der Waals surface area (Å²) in [6.07, 6.45) is 3.74. The standard InChI is InChI=1S/C14H21F3O3S/c1-5-8-13(3,4)11-7-6-10(2)9-12(11)20-21(18,19)14(15,16)17/h5,10H,1,6-9H2,2-4H3/t10-/m1/s1. The van der Waals surface area contributed by atoms with Gasteiger partial charge < -0.3 is 4.18 Å². The van der Waals surface area contributed by atoms with E-state index < -0.39 is 21.0 Å². The van der Waals surface area contributed by atoms with Crippen LogP contribution in [0.5, 0.6) is 0 Å². The molecule has 1 atom stereocenters. The SMILES string of the molecule is C=CCC(C)(C)C1=C(OS(=O)(=O)C(F)(F)F)C[C@H](C)CC1. The van der Waals surface area contributed by atoms with E-state index in [4.69, 9.17) is 0 Å². The molecule has 21 heavy (non-hydrogen) atoms. The number of halogens is 3. The van der Waals surface area contributed by atoms with E-state index in [9.17, 15) is 21.6 Å². The molecule has 7 heteroatoms. The lowest BCUT2D eigenvalue weighted by atomic mass is 9.74. The predicted molar refractivity (Wildman–Crippen MR) is 74.7 cm³/mol. The Bertz CT molecular complexity index is 530. The second kappa shape index (κ2) is 6.02. The molecule has 3 nitrogen and oxygen atoms in total. The van der Waals surface area contributed by atoms with Gasteiger partial charge in [0.15, 0.2) is 0 Å². The van der Waals surface area contributed by atoms with Gasteiger partial charge in [0.1, 0.15) is 5.76 Å². The van der Waals surface area contributed by atoms with Gasteiger partial charge in [0, 0.05) is 6.42 Å². The Morgan fingerprint density at radius 3 is 2.43 bits per heavy atom. The van der Waals surface area contributed by atoms with Crippen molar-refractivity contribution in [2.45, 2.75) is 52.0 Å². The van der Waals surface area contributed by atoms with E-state index in [1.165, 1.54) is 0 Å². The predicted octanol–water partition coefficient (Wildman–Crippen LogP) is 4.53. The second-order valence-electron chi connectivity index (χ2n) is 6.11. The van der Waals surface area contributed by atoms with E-state index in [-0.39, 0.29) is 18.1 Å². The average Bonchev–Trinajstić information content (AvgIpc) is 2.26. The molecule has 0 N–H and O–H groups in total. The largest absolute Gasteiger partial charge is 0.534 e. The minimum Gasteiger partial charge on any atom is -0.381 e. The Morgan fingerprint density at radius 1 is 1.38 bits per heavy atom. The quantitative estimate of drug-likeness (QED) is 0.423. The van der Waals surface area contributed by atoms with Crippen molar-refractivity contribution in [3.8, 4) is 0 Å². The van der Waals surface area contributed by atoms with E-state index in [2.05, 4.69) is 10.8 Å². The molecule has 0 saturated carbocycles. The fourth-order valence-corrected chi connectivity index (χ4v) is 3.06. The second-order valence-corrected chi connectivity index (χ2v) is 7.65. The number of allylic oxidation sites excluding steroid dienone is 3. The first kappa shape index (κ1) is 18.1. The third kappa shape index (κ3) is 4.25. The van der Waals surface area contributed by atoms with Gasteiger partial charge in [0.2, 0.25) is 0 Å². The number of hydrogen-bond donors (Lipinski definition) is 0. The fraction of sp³-hybridized carbons (Fsp3) is 0.714. The number of hydrogen-bond acceptors (Lipinski definition) is 3. The first-order valence-corrected chi connectivity index (χ1v) is 8.15. The lowest BCUT2D eigenvalue weighted by Crippen LogP contribution is -2.29. The van der Waals surface area contributed by atoms with Crippen LogP contribution in [0.25, 0.3) is 0 Å². The van der Waals surface area contributed by atoms with Crippen LogP contribution >= 0.6 is 0 Å². The lowest BCUT2D eigenvalue weighted by molar-refractivity contribution is -0.0526. The van der Waals surface area contributed by atoms with Gasteiger partial charge in [0.25, 0.3) is 0 Å². The minimum absolute atomic E-state index is 0.0575. The Hall–Kier alpha value is -0.980. The fourth-order valence-electron chi connectivity index (χ4n) is 2.54. The zero-order chi connectivity index (χ0) is 16.5. The summed E-state index contributed by atoms with van der Waals surface area (Å²) in [6, 6.07) is 0. The molecule has 1 rings (SSSR count). The van der Waals surface area contributed by atoms with E-state index >= 15 is 0 Å². The summed E-state index contributed by atoms with van der Waals surface area (Å²) in [7, 11) is -5.61. The Labute approximate surface area is 124 Å². The molecule has 122 valence electrons. The summed E-state index contributed by atoms with van der Waals surface area (Å²) in [5.41, 5.74) is -5.25. The molecule has 0 aromatic heterocycles. The molecule has 0 bridgehead atoms. The minimum atomic E-state index is -5.61. The van der Waals surface area contributed by atoms with Gasteiger partial charge >= 0.3 is 15.6 Å². The normalized spacial score (nSPS) is 21.3. The van der Waals surface area contributed by atoms with E-state index in [0.717, 1.165) is 6.42 Å². The summed E-state index contributed by atoms with van der Waals surface area (Å²) in [4.78, 5) is 0. The van der Waals surface area contributed by atoms with E-state index in [1.54, 1.807) is 6.08 Å². The highest BCUT2D eigenvalue weighted by Crippen LogP contribution is 2.43. The van der Waals surface area contributed by atoms with Gasteiger partial charge in [0.05, 0.1) is 0 Å². The van der Waals surface area contributed by atoms with Gasteiger partial charge in [-0.15, -0.1) is 6.58 Å². The molecule has 0 aromatic carbocycles. The molecule has 0 aromatic rings. The zero-order valence-corrected chi connectivity index (χ0v) is 13.3. The molecule has 0 radical (unpaired) electrons. The number of alkyl halides is 3. The van der Waals surface area contributed by atoms with Gasteiger partial charge in [-0.1, -0.05) is 26.8 Å². The molecule has 1 aliphatic carbocycles. The molecule has 1 aliphatic rings. The molecule has 0 aliphatic heterocycles. The third-order valence-electron chi connectivity index (χ3n) is 3.72. The summed E-state index contributed by atoms with van der Waals surface area (Å²) in [6.45, 7) is 9.20. The van der Waals surface area contributed by atoms with E-state index in [1.807, 2.05) is 20.8 Å². The summed E-state index contributed by atoms with van der Waals surface area (Å²) in [5, 5.41) is 0. The summed E-state index contributed by atoms with van der Waals surface area (Å²) in [5.74, 6) is 0.0321. The smallest absolute Gasteiger partial charge is 0.381 e. The van der Waals surface area contributed by atoms with Gasteiger partial charge in [-0.25, -0.2) is 0 Å².